The monoisotopic (exact) mass is 617 g/mol. The van der Waals surface area contributed by atoms with Gasteiger partial charge in [0.05, 0.1) is 30.1 Å². The van der Waals surface area contributed by atoms with Crippen molar-refractivity contribution in [3.63, 3.8) is 0 Å². The highest BCUT2D eigenvalue weighted by atomic mass is 35.5. The van der Waals surface area contributed by atoms with Gasteiger partial charge in [0.25, 0.3) is 0 Å². The van der Waals surface area contributed by atoms with Gasteiger partial charge in [-0.2, -0.15) is 0 Å². The van der Waals surface area contributed by atoms with Crippen LogP contribution < -0.4 is 4.74 Å². The first kappa shape index (κ1) is 29.9. The number of hydrogen-bond donors (Lipinski definition) is 0. The van der Waals surface area contributed by atoms with Crippen molar-refractivity contribution in [1.29, 1.82) is 0 Å². The maximum atomic E-state index is 14.5. The van der Waals surface area contributed by atoms with Crippen LogP contribution in [0.1, 0.15) is 30.7 Å². The minimum Gasteiger partial charge on any atom is -0.491 e. The van der Waals surface area contributed by atoms with Gasteiger partial charge in [0.2, 0.25) is 0 Å². The lowest BCUT2D eigenvalue weighted by atomic mass is 9.81. The van der Waals surface area contributed by atoms with Crippen LogP contribution >= 0.6 is 35.0 Å². The van der Waals surface area contributed by atoms with Crippen molar-refractivity contribution < 1.29 is 18.3 Å². The summed E-state index contributed by atoms with van der Waals surface area (Å²) in [6, 6.07) is 16.7. The maximum absolute atomic E-state index is 14.5. The van der Waals surface area contributed by atoms with Gasteiger partial charge in [0.1, 0.15) is 24.0 Å². The number of halogens is 4. The molecule has 0 spiro atoms. The fraction of sp³-hybridized carbons (Fsp3) is 0.323. The Hall–Kier alpha value is -2.62. The summed E-state index contributed by atoms with van der Waals surface area (Å²) >= 11 is 14.2. The molecule has 0 amide bonds. The Kier molecular flexibility index (Phi) is 9.56. The van der Waals surface area contributed by atoms with E-state index in [2.05, 4.69) is 18.7 Å². The molecule has 0 unspecified atom stereocenters. The third-order valence-electron chi connectivity index (χ3n) is 7.28. The number of morpholine rings is 1. The average Bonchev–Trinajstić information content (AvgIpc) is 3.39. The molecule has 3 aromatic carbocycles. The molecule has 5 nitrogen and oxygen atoms in total. The third-order valence-corrected chi connectivity index (χ3v) is 8.93. The number of aromatic nitrogens is 2. The van der Waals surface area contributed by atoms with Gasteiger partial charge in [0.15, 0.2) is 5.16 Å². The van der Waals surface area contributed by atoms with Crippen LogP contribution in [0, 0.1) is 11.6 Å². The normalized spacial score (nSPS) is 14.4. The van der Waals surface area contributed by atoms with Crippen molar-refractivity contribution in [2.24, 2.45) is 0 Å². The van der Waals surface area contributed by atoms with E-state index in [1.165, 1.54) is 30.0 Å². The maximum Gasteiger partial charge on any atom is 0.173 e. The zero-order valence-electron chi connectivity index (χ0n) is 22.9. The molecule has 0 saturated carbocycles. The van der Waals surface area contributed by atoms with Gasteiger partial charge in [-0.05, 0) is 54.1 Å². The standard InChI is InChI=1S/C31H31Cl2F2N3O2S/c1-31(2,21-6-11-26(33)28(18-21)40-17-14-37-12-15-39-16-13-37)29-19-36-30(38(29)23-9-7-22(34)8-10-23)41-20-24-25(32)4-3-5-27(24)35/h3-11,18-19H,12-17,20H2,1-2H3. The Bertz CT molecular complexity index is 1470. The molecule has 5 rings (SSSR count). The summed E-state index contributed by atoms with van der Waals surface area (Å²) in [6.45, 7) is 8.73. The molecular weight excluding hydrogens is 587 g/mol. The fourth-order valence-corrected chi connectivity index (χ4v) is 6.29. The highest BCUT2D eigenvalue weighted by molar-refractivity contribution is 7.98. The van der Waals surface area contributed by atoms with Crippen molar-refractivity contribution in [2.75, 3.05) is 39.5 Å². The largest absolute Gasteiger partial charge is 0.491 e. The third kappa shape index (κ3) is 6.89. The van der Waals surface area contributed by atoms with Gasteiger partial charge in [-0.15, -0.1) is 0 Å². The molecule has 2 heterocycles. The molecule has 0 aliphatic carbocycles. The van der Waals surface area contributed by atoms with Gasteiger partial charge < -0.3 is 9.47 Å². The topological polar surface area (TPSA) is 39.5 Å². The number of benzene rings is 3. The minimum atomic E-state index is -0.553. The number of rotatable bonds is 10. The first-order valence-electron chi connectivity index (χ1n) is 13.4. The van der Waals surface area contributed by atoms with E-state index in [-0.39, 0.29) is 17.4 Å². The van der Waals surface area contributed by atoms with E-state index in [4.69, 9.17) is 37.7 Å². The predicted molar refractivity (Wildman–Crippen MR) is 161 cm³/mol. The molecular formula is C31H31Cl2F2N3O2S. The molecule has 1 aliphatic heterocycles. The van der Waals surface area contributed by atoms with Crippen molar-refractivity contribution in [1.82, 2.24) is 14.5 Å². The number of nitrogens with zero attached hydrogens (tertiary/aromatic N) is 3. The Labute approximate surface area is 253 Å². The van der Waals surface area contributed by atoms with Gasteiger partial charge >= 0.3 is 0 Å². The molecule has 1 fully saturated rings. The van der Waals surface area contributed by atoms with Crippen molar-refractivity contribution in [2.45, 2.75) is 30.2 Å². The molecule has 216 valence electrons. The summed E-state index contributed by atoms with van der Waals surface area (Å²) in [5.74, 6) is 0.194. The lowest BCUT2D eigenvalue weighted by Crippen LogP contribution is -2.38. The van der Waals surface area contributed by atoms with Crippen LogP contribution in [0.2, 0.25) is 10.0 Å². The van der Waals surface area contributed by atoms with Gasteiger partial charge in [-0.25, -0.2) is 13.8 Å². The molecule has 0 radical (unpaired) electrons. The summed E-state index contributed by atoms with van der Waals surface area (Å²) in [7, 11) is 0. The second-order valence-electron chi connectivity index (χ2n) is 10.3. The first-order chi connectivity index (χ1) is 19.7. The van der Waals surface area contributed by atoms with E-state index in [9.17, 15) is 8.78 Å². The SMILES string of the molecule is CC(C)(c1ccc(Cl)c(OCCN2CCOCC2)c1)c1cnc(SCc2c(F)cccc2Cl)n1-c1ccc(F)cc1. The zero-order chi connectivity index (χ0) is 29.0. The van der Waals surface area contributed by atoms with Crippen LogP contribution in [0.5, 0.6) is 5.75 Å². The lowest BCUT2D eigenvalue weighted by Gasteiger charge is -2.28. The highest BCUT2D eigenvalue weighted by Crippen LogP contribution is 2.39. The Balaban J connectivity index is 1.44. The van der Waals surface area contributed by atoms with Crippen molar-refractivity contribution in [3.05, 3.63) is 105 Å². The van der Waals surface area contributed by atoms with E-state index in [0.29, 0.717) is 33.1 Å². The van der Waals surface area contributed by atoms with E-state index >= 15 is 0 Å². The van der Waals surface area contributed by atoms with Gasteiger partial charge in [-0.3, -0.25) is 9.47 Å². The van der Waals surface area contributed by atoms with E-state index < -0.39 is 5.41 Å². The Morgan fingerprint density at radius 3 is 2.49 bits per heavy atom. The predicted octanol–water partition coefficient (Wildman–Crippen LogP) is 7.79. The van der Waals surface area contributed by atoms with Gasteiger partial charge in [-0.1, -0.05) is 60.9 Å². The van der Waals surface area contributed by atoms with Crippen molar-refractivity contribution >= 4 is 35.0 Å². The van der Waals surface area contributed by atoms with Crippen LogP contribution in [-0.4, -0.2) is 53.9 Å². The van der Waals surface area contributed by atoms with Crippen LogP contribution in [0.3, 0.4) is 0 Å². The zero-order valence-corrected chi connectivity index (χ0v) is 25.2. The Morgan fingerprint density at radius 1 is 1.00 bits per heavy atom. The summed E-state index contributed by atoms with van der Waals surface area (Å²) < 4.78 is 41.9. The van der Waals surface area contributed by atoms with Crippen LogP contribution in [0.25, 0.3) is 5.69 Å². The minimum absolute atomic E-state index is 0.283. The lowest BCUT2D eigenvalue weighted by molar-refractivity contribution is 0.0322. The van der Waals surface area contributed by atoms with Crippen LogP contribution in [-0.2, 0) is 15.9 Å². The average molecular weight is 619 g/mol. The van der Waals surface area contributed by atoms with Gasteiger partial charge in [0, 0.05) is 47.1 Å². The molecule has 1 aliphatic rings. The number of imidazole rings is 1. The number of thioether (sulfide) groups is 1. The molecule has 10 heteroatoms. The molecule has 4 aromatic rings. The molecule has 1 aromatic heterocycles. The van der Waals surface area contributed by atoms with Crippen molar-refractivity contribution in [3.8, 4) is 11.4 Å². The Morgan fingerprint density at radius 2 is 1.76 bits per heavy atom. The van der Waals surface area contributed by atoms with Crippen LogP contribution in [0.15, 0.2) is 72.0 Å². The highest BCUT2D eigenvalue weighted by Gasteiger charge is 2.30. The second-order valence-corrected chi connectivity index (χ2v) is 12.1. The van der Waals surface area contributed by atoms with Crippen LogP contribution in [0.4, 0.5) is 8.78 Å². The number of hydrogen-bond acceptors (Lipinski definition) is 5. The summed E-state index contributed by atoms with van der Waals surface area (Å²) in [5.41, 5.74) is 2.44. The number of ether oxygens (including phenoxy) is 2. The fourth-order valence-electron chi connectivity index (χ4n) is 4.78. The van der Waals surface area contributed by atoms with E-state index in [1.807, 2.05) is 29.0 Å². The quantitative estimate of drug-likeness (QED) is 0.170. The second kappa shape index (κ2) is 13.1. The molecule has 0 bridgehead atoms. The summed E-state index contributed by atoms with van der Waals surface area (Å²) in [5, 5.41) is 1.53. The molecule has 0 N–H and O–H groups in total. The van der Waals surface area contributed by atoms with E-state index in [0.717, 1.165) is 49.8 Å². The molecule has 0 atom stereocenters. The first-order valence-corrected chi connectivity index (χ1v) is 15.1. The summed E-state index contributed by atoms with van der Waals surface area (Å²) in [4.78, 5) is 7.02. The summed E-state index contributed by atoms with van der Waals surface area (Å²) in [6.07, 6.45) is 1.81. The molecule has 41 heavy (non-hydrogen) atoms. The molecule has 1 saturated heterocycles. The van der Waals surface area contributed by atoms with E-state index in [1.54, 1.807) is 24.3 Å². The smallest absolute Gasteiger partial charge is 0.173 e.